The fourth-order valence-electron chi connectivity index (χ4n) is 4.68. The maximum atomic E-state index is 12.9. The van der Waals surface area contributed by atoms with Crippen molar-refractivity contribution in [3.8, 4) is 0 Å². The largest absolute Gasteiger partial charge is 0.465 e. The van der Waals surface area contributed by atoms with Crippen LogP contribution in [0.2, 0.25) is 5.02 Å². The standard InChI is InChI=1S/C23H34ClN3O5/c1-4-19-18(24)11-17(22(30)27(19)15(2)3)21(29)25-13-16-5-8-26(9-6-16)14-23(31)7-10-32-20(28)12-23/h11,15-16,31H,4-10,12-14H2,1-3H3,(H,25,29). The summed E-state index contributed by atoms with van der Waals surface area (Å²) in [6, 6.07) is 1.39. The molecule has 2 saturated heterocycles. The quantitative estimate of drug-likeness (QED) is 0.596. The highest BCUT2D eigenvalue weighted by molar-refractivity contribution is 6.31. The Morgan fingerprint density at radius 1 is 1.34 bits per heavy atom. The molecule has 0 aromatic carbocycles. The number of piperidine rings is 1. The molecule has 2 aliphatic rings. The SMILES string of the molecule is CCc1c(Cl)cc(C(=O)NCC2CCN(CC3(O)CCOC(=O)C3)CC2)c(=O)n1C(C)C. The highest BCUT2D eigenvalue weighted by atomic mass is 35.5. The van der Waals surface area contributed by atoms with E-state index in [0.29, 0.717) is 36.9 Å². The average molecular weight is 468 g/mol. The van der Waals surface area contributed by atoms with Crippen molar-refractivity contribution in [2.24, 2.45) is 5.92 Å². The Balaban J connectivity index is 1.54. The van der Waals surface area contributed by atoms with Gasteiger partial charge in [-0.25, -0.2) is 0 Å². The van der Waals surface area contributed by atoms with Gasteiger partial charge in [-0.3, -0.25) is 14.4 Å². The molecular weight excluding hydrogens is 434 g/mol. The number of β-amino-alcohol motifs (C(OH)–C–C–N with tert-alkyl or cyclic N) is 1. The summed E-state index contributed by atoms with van der Waals surface area (Å²) in [4.78, 5) is 39.3. The van der Waals surface area contributed by atoms with Crippen LogP contribution in [-0.2, 0) is 16.0 Å². The third kappa shape index (κ3) is 5.71. The average Bonchev–Trinajstić information content (AvgIpc) is 2.73. The molecule has 3 rings (SSSR count). The topological polar surface area (TPSA) is 101 Å². The van der Waals surface area contributed by atoms with Gasteiger partial charge in [0.25, 0.3) is 11.5 Å². The molecule has 2 aliphatic heterocycles. The number of nitrogens with one attached hydrogen (secondary N) is 1. The number of rotatable bonds is 7. The van der Waals surface area contributed by atoms with E-state index in [-0.39, 0.29) is 36.2 Å². The molecule has 32 heavy (non-hydrogen) atoms. The molecule has 2 fully saturated rings. The predicted octanol–water partition coefficient (Wildman–Crippen LogP) is 2.15. The first-order chi connectivity index (χ1) is 15.1. The summed E-state index contributed by atoms with van der Waals surface area (Å²) in [7, 11) is 0. The smallest absolute Gasteiger partial charge is 0.308 e. The second-order valence-electron chi connectivity index (χ2n) is 9.28. The zero-order valence-corrected chi connectivity index (χ0v) is 19.9. The van der Waals surface area contributed by atoms with Crippen LogP contribution in [0.5, 0.6) is 0 Å². The van der Waals surface area contributed by atoms with Crippen molar-refractivity contribution in [1.29, 1.82) is 0 Å². The maximum absolute atomic E-state index is 12.9. The summed E-state index contributed by atoms with van der Waals surface area (Å²) in [6.07, 6.45) is 2.85. The van der Waals surface area contributed by atoms with Crippen LogP contribution in [0.4, 0.5) is 0 Å². The molecule has 1 aromatic heterocycles. The molecule has 0 saturated carbocycles. The van der Waals surface area contributed by atoms with Gasteiger partial charge in [0.05, 0.1) is 23.7 Å². The van der Waals surface area contributed by atoms with Crippen LogP contribution in [0, 0.1) is 5.92 Å². The van der Waals surface area contributed by atoms with Gasteiger partial charge in [-0.1, -0.05) is 18.5 Å². The Morgan fingerprint density at radius 3 is 2.62 bits per heavy atom. The van der Waals surface area contributed by atoms with Gasteiger partial charge in [0.15, 0.2) is 0 Å². The molecule has 2 N–H and O–H groups in total. The first-order valence-corrected chi connectivity index (χ1v) is 11.8. The minimum Gasteiger partial charge on any atom is -0.465 e. The van der Waals surface area contributed by atoms with Crippen LogP contribution in [0.15, 0.2) is 10.9 Å². The summed E-state index contributed by atoms with van der Waals surface area (Å²) in [5, 5.41) is 14.0. The number of cyclic esters (lactones) is 1. The van der Waals surface area contributed by atoms with Crippen molar-refractivity contribution in [3.05, 3.63) is 32.7 Å². The van der Waals surface area contributed by atoms with Gasteiger partial charge in [0.1, 0.15) is 5.56 Å². The molecule has 0 aliphatic carbocycles. The minimum absolute atomic E-state index is 0.0380. The number of nitrogens with zero attached hydrogens (tertiary/aromatic N) is 2. The first kappa shape index (κ1) is 24.7. The van der Waals surface area contributed by atoms with Gasteiger partial charge in [0, 0.05) is 31.2 Å². The number of esters is 1. The maximum Gasteiger partial charge on any atom is 0.308 e. The second-order valence-corrected chi connectivity index (χ2v) is 9.68. The zero-order valence-electron chi connectivity index (χ0n) is 19.2. The van der Waals surface area contributed by atoms with Gasteiger partial charge >= 0.3 is 5.97 Å². The summed E-state index contributed by atoms with van der Waals surface area (Å²) < 4.78 is 6.53. The van der Waals surface area contributed by atoms with Gasteiger partial charge in [-0.2, -0.15) is 0 Å². The molecule has 8 nitrogen and oxygen atoms in total. The van der Waals surface area contributed by atoms with E-state index in [2.05, 4.69) is 10.2 Å². The predicted molar refractivity (Wildman–Crippen MR) is 122 cm³/mol. The van der Waals surface area contributed by atoms with E-state index in [9.17, 15) is 19.5 Å². The van der Waals surface area contributed by atoms with Crippen LogP contribution in [0.25, 0.3) is 0 Å². The highest BCUT2D eigenvalue weighted by Gasteiger charge is 2.37. The summed E-state index contributed by atoms with van der Waals surface area (Å²) >= 11 is 6.37. The van der Waals surface area contributed by atoms with Crippen LogP contribution in [0.3, 0.4) is 0 Å². The van der Waals surface area contributed by atoms with E-state index >= 15 is 0 Å². The zero-order chi connectivity index (χ0) is 23.5. The monoisotopic (exact) mass is 467 g/mol. The van der Waals surface area contributed by atoms with Gasteiger partial charge in [-0.05, 0) is 58.2 Å². The lowest BCUT2D eigenvalue weighted by molar-refractivity contribution is -0.161. The number of halogens is 1. The van der Waals surface area contributed by atoms with Crippen LogP contribution in [0.1, 0.15) is 68.5 Å². The van der Waals surface area contributed by atoms with Gasteiger partial charge < -0.3 is 24.6 Å². The lowest BCUT2D eigenvalue weighted by Gasteiger charge is -2.39. The Morgan fingerprint density at radius 2 is 2.03 bits per heavy atom. The third-order valence-corrected chi connectivity index (χ3v) is 6.79. The van der Waals surface area contributed by atoms with Crippen molar-refractivity contribution in [2.45, 2.75) is 64.5 Å². The Kier molecular flexibility index (Phi) is 8.01. The number of ether oxygens (including phenoxy) is 1. The molecule has 1 aromatic rings. The van der Waals surface area contributed by atoms with Crippen LogP contribution >= 0.6 is 11.6 Å². The summed E-state index contributed by atoms with van der Waals surface area (Å²) in [5.41, 5.74) is -0.516. The molecule has 0 radical (unpaired) electrons. The van der Waals surface area contributed by atoms with Gasteiger partial charge in [-0.15, -0.1) is 0 Å². The van der Waals surface area contributed by atoms with Crippen molar-refractivity contribution in [1.82, 2.24) is 14.8 Å². The third-order valence-electron chi connectivity index (χ3n) is 6.46. The van der Waals surface area contributed by atoms with Crippen LogP contribution < -0.4 is 10.9 Å². The number of likely N-dealkylation sites (tertiary alicyclic amines) is 1. The molecule has 3 heterocycles. The van der Waals surface area contributed by atoms with E-state index in [1.807, 2.05) is 20.8 Å². The molecule has 0 spiro atoms. The minimum atomic E-state index is -1.02. The van der Waals surface area contributed by atoms with Crippen molar-refractivity contribution < 1.29 is 19.4 Å². The lowest BCUT2D eigenvalue weighted by Crippen LogP contribution is -2.50. The number of pyridine rings is 1. The van der Waals surface area contributed by atoms with Crippen LogP contribution in [-0.4, -0.2) is 64.8 Å². The number of carbonyl (C=O) groups excluding carboxylic acids is 2. The van der Waals surface area contributed by atoms with E-state index < -0.39 is 11.5 Å². The number of hydrogen-bond acceptors (Lipinski definition) is 6. The molecule has 0 bridgehead atoms. The van der Waals surface area contributed by atoms with E-state index in [4.69, 9.17) is 16.3 Å². The van der Waals surface area contributed by atoms with E-state index in [1.54, 1.807) is 4.57 Å². The number of aromatic nitrogens is 1. The summed E-state index contributed by atoms with van der Waals surface area (Å²) in [5.74, 6) is -0.453. The highest BCUT2D eigenvalue weighted by Crippen LogP contribution is 2.25. The molecule has 1 atom stereocenters. The number of aliphatic hydroxyl groups is 1. The fraction of sp³-hybridized carbons (Fsp3) is 0.696. The lowest BCUT2D eigenvalue weighted by atomic mass is 9.90. The Hall–Kier alpha value is -1.90. The number of amides is 1. The molecule has 1 unspecified atom stereocenters. The second kappa shape index (κ2) is 10.4. The number of carbonyl (C=O) groups is 2. The van der Waals surface area contributed by atoms with Crippen molar-refractivity contribution >= 4 is 23.5 Å². The molecule has 9 heteroatoms. The number of hydrogen-bond donors (Lipinski definition) is 2. The molecule has 1 amide bonds. The fourth-order valence-corrected chi connectivity index (χ4v) is 5.02. The first-order valence-electron chi connectivity index (χ1n) is 11.5. The van der Waals surface area contributed by atoms with E-state index in [0.717, 1.165) is 31.6 Å². The van der Waals surface area contributed by atoms with Gasteiger partial charge in [0.2, 0.25) is 0 Å². The van der Waals surface area contributed by atoms with E-state index in [1.165, 1.54) is 6.07 Å². The Labute approximate surface area is 193 Å². The van der Waals surface area contributed by atoms with Crippen molar-refractivity contribution in [3.63, 3.8) is 0 Å². The normalized spacial score (nSPS) is 22.8. The summed E-state index contributed by atoms with van der Waals surface area (Å²) in [6.45, 7) is 8.52. The molecular formula is C23H34ClN3O5. The molecule has 178 valence electrons. The van der Waals surface area contributed by atoms with Crippen molar-refractivity contribution in [2.75, 3.05) is 32.8 Å². The Bertz CT molecular complexity index is 908.